The Morgan fingerprint density at radius 2 is 1.81 bits per heavy atom. The molecule has 21 heavy (non-hydrogen) atoms. The molecule has 0 aliphatic rings. The average molecular weight is 298 g/mol. The molecule has 0 bridgehead atoms. The third-order valence-corrected chi connectivity index (χ3v) is 3.18. The van der Waals surface area contributed by atoms with Gasteiger partial charge in [-0.2, -0.15) is 0 Å². The lowest BCUT2D eigenvalue weighted by molar-refractivity contribution is -0.181. The van der Waals surface area contributed by atoms with Gasteiger partial charge in [-0.25, -0.2) is 4.79 Å². The fraction of sp³-hybridized carbons (Fsp3) is 0.533. The number of methoxy groups -OCH3 is 2. The molecule has 0 heterocycles. The Labute approximate surface area is 124 Å². The van der Waals surface area contributed by atoms with E-state index in [2.05, 4.69) is 0 Å². The lowest BCUT2D eigenvalue weighted by Gasteiger charge is -2.26. The molecule has 2 atom stereocenters. The molecule has 118 valence electrons. The number of aliphatic hydroxyl groups excluding tert-OH is 1. The summed E-state index contributed by atoms with van der Waals surface area (Å²) in [6.45, 7) is 0.731. The zero-order chi connectivity index (χ0) is 15.7. The zero-order valence-corrected chi connectivity index (χ0v) is 12.3. The van der Waals surface area contributed by atoms with E-state index >= 15 is 0 Å². The molecular formula is C15H22O6. The van der Waals surface area contributed by atoms with Gasteiger partial charge in [0.15, 0.2) is 12.4 Å². The molecule has 6 nitrogen and oxygen atoms in total. The van der Waals surface area contributed by atoms with Crippen LogP contribution >= 0.6 is 0 Å². The monoisotopic (exact) mass is 298 g/mol. The van der Waals surface area contributed by atoms with Gasteiger partial charge in [-0.15, -0.1) is 0 Å². The van der Waals surface area contributed by atoms with E-state index in [1.807, 2.05) is 30.3 Å². The van der Waals surface area contributed by atoms with Crippen LogP contribution in [0.5, 0.6) is 0 Å². The molecule has 0 radical (unpaired) electrons. The number of hydrogen-bond donors (Lipinski definition) is 2. The fourth-order valence-corrected chi connectivity index (χ4v) is 2.06. The van der Waals surface area contributed by atoms with E-state index in [-0.39, 0.29) is 0 Å². The highest BCUT2D eigenvalue weighted by Crippen LogP contribution is 2.18. The van der Waals surface area contributed by atoms with Crippen molar-refractivity contribution in [3.8, 4) is 0 Å². The molecule has 2 N–H and O–H groups in total. The summed E-state index contributed by atoms with van der Waals surface area (Å²) in [7, 11) is 2.81. The van der Waals surface area contributed by atoms with Crippen LogP contribution in [-0.2, 0) is 25.6 Å². The predicted molar refractivity (Wildman–Crippen MR) is 75.7 cm³/mol. The van der Waals surface area contributed by atoms with Crippen molar-refractivity contribution in [2.24, 2.45) is 5.92 Å². The van der Waals surface area contributed by atoms with Gasteiger partial charge in [-0.05, 0) is 12.0 Å². The van der Waals surface area contributed by atoms with Crippen LogP contribution in [-0.4, -0.2) is 49.4 Å². The minimum atomic E-state index is -1.56. The molecule has 0 saturated heterocycles. The maximum atomic E-state index is 10.9. The zero-order valence-electron chi connectivity index (χ0n) is 12.3. The number of benzene rings is 1. The van der Waals surface area contributed by atoms with E-state index in [9.17, 15) is 9.90 Å². The first-order valence-corrected chi connectivity index (χ1v) is 6.68. The predicted octanol–water partition coefficient (Wildman–Crippen LogP) is 1.27. The lowest BCUT2D eigenvalue weighted by atomic mass is 9.98. The second-order valence-electron chi connectivity index (χ2n) is 4.61. The highest BCUT2D eigenvalue weighted by molar-refractivity contribution is 5.72. The van der Waals surface area contributed by atoms with Crippen LogP contribution in [0.4, 0.5) is 0 Å². The molecule has 0 amide bonds. The van der Waals surface area contributed by atoms with Gasteiger partial charge < -0.3 is 24.4 Å². The lowest BCUT2D eigenvalue weighted by Crippen LogP contribution is -2.40. The number of carboxylic acids is 1. The van der Waals surface area contributed by atoms with Gasteiger partial charge in [0.05, 0.1) is 6.61 Å². The first-order chi connectivity index (χ1) is 10.1. The number of carbonyl (C=O) groups is 1. The van der Waals surface area contributed by atoms with Crippen molar-refractivity contribution < 1.29 is 29.2 Å². The summed E-state index contributed by atoms with van der Waals surface area (Å²) in [5.41, 5.74) is 1.03. The molecule has 0 aliphatic carbocycles. The number of aliphatic carboxylic acids is 1. The van der Waals surface area contributed by atoms with Crippen molar-refractivity contribution in [3.63, 3.8) is 0 Å². The minimum absolute atomic E-state index is 0.299. The van der Waals surface area contributed by atoms with Gasteiger partial charge in [0, 0.05) is 26.7 Å². The van der Waals surface area contributed by atoms with Crippen LogP contribution in [0.2, 0.25) is 0 Å². The molecule has 1 aromatic rings. The SMILES string of the molecule is COC(OC)[C@@H](CCOCc1ccccc1)[C@@H](O)C(=O)O. The quantitative estimate of drug-likeness (QED) is 0.500. The molecule has 0 aromatic heterocycles. The Bertz CT molecular complexity index is 404. The van der Waals surface area contributed by atoms with Crippen LogP contribution in [0.25, 0.3) is 0 Å². The summed E-state index contributed by atoms with van der Waals surface area (Å²) in [6.07, 6.45) is -2.04. The number of carboxylic acid groups (broad SMARTS) is 1. The first kappa shape index (κ1) is 17.6. The molecule has 0 aliphatic heterocycles. The van der Waals surface area contributed by atoms with Crippen molar-refractivity contribution in [2.75, 3.05) is 20.8 Å². The molecule has 0 unspecified atom stereocenters. The summed E-state index contributed by atoms with van der Waals surface area (Å²) in [6, 6.07) is 9.64. The maximum absolute atomic E-state index is 10.9. The third kappa shape index (κ3) is 5.81. The van der Waals surface area contributed by atoms with Crippen LogP contribution in [0.15, 0.2) is 30.3 Å². The van der Waals surface area contributed by atoms with Crippen molar-refractivity contribution in [3.05, 3.63) is 35.9 Å². The van der Waals surface area contributed by atoms with Gasteiger partial charge in [-0.1, -0.05) is 30.3 Å². The summed E-state index contributed by atoms with van der Waals surface area (Å²) in [4.78, 5) is 10.9. The van der Waals surface area contributed by atoms with Gasteiger partial charge in [0.1, 0.15) is 0 Å². The third-order valence-electron chi connectivity index (χ3n) is 3.18. The van der Waals surface area contributed by atoms with E-state index in [1.165, 1.54) is 14.2 Å². The topological polar surface area (TPSA) is 85.2 Å². The van der Waals surface area contributed by atoms with Gasteiger partial charge in [-0.3, -0.25) is 0 Å². The Morgan fingerprint density at radius 3 is 2.33 bits per heavy atom. The smallest absolute Gasteiger partial charge is 0.333 e. The molecule has 1 rings (SSSR count). The van der Waals surface area contributed by atoms with E-state index in [0.717, 1.165) is 5.56 Å². The largest absolute Gasteiger partial charge is 0.479 e. The molecular weight excluding hydrogens is 276 g/mol. The van der Waals surface area contributed by atoms with Crippen LogP contribution in [0, 0.1) is 5.92 Å². The fourth-order valence-electron chi connectivity index (χ4n) is 2.06. The minimum Gasteiger partial charge on any atom is -0.479 e. The Morgan fingerprint density at radius 1 is 1.19 bits per heavy atom. The van der Waals surface area contributed by atoms with Crippen molar-refractivity contribution >= 4 is 5.97 Å². The van der Waals surface area contributed by atoms with E-state index in [0.29, 0.717) is 19.6 Å². The summed E-state index contributed by atoms with van der Waals surface area (Å²) >= 11 is 0. The van der Waals surface area contributed by atoms with Crippen LogP contribution < -0.4 is 0 Å². The molecule has 1 aromatic carbocycles. The number of rotatable bonds is 10. The average Bonchev–Trinajstić information content (AvgIpc) is 2.50. The summed E-state index contributed by atoms with van der Waals surface area (Å²) < 4.78 is 15.6. The highest BCUT2D eigenvalue weighted by atomic mass is 16.7. The molecule has 0 fully saturated rings. The molecule has 6 heteroatoms. The maximum Gasteiger partial charge on any atom is 0.333 e. The second-order valence-corrected chi connectivity index (χ2v) is 4.61. The van der Waals surface area contributed by atoms with Crippen molar-refractivity contribution in [1.82, 2.24) is 0 Å². The second kappa shape index (κ2) is 9.46. The Balaban J connectivity index is 2.47. The van der Waals surface area contributed by atoms with E-state index in [1.54, 1.807) is 0 Å². The van der Waals surface area contributed by atoms with Crippen LogP contribution in [0.1, 0.15) is 12.0 Å². The van der Waals surface area contributed by atoms with E-state index in [4.69, 9.17) is 19.3 Å². The summed E-state index contributed by atoms with van der Waals surface area (Å²) in [5.74, 6) is -2.00. The van der Waals surface area contributed by atoms with Crippen molar-refractivity contribution in [2.45, 2.75) is 25.4 Å². The Hall–Kier alpha value is -1.47. The van der Waals surface area contributed by atoms with Gasteiger partial charge in [0.25, 0.3) is 0 Å². The normalized spacial score (nSPS) is 14.1. The standard InChI is InChI=1S/C15H22O6/c1-19-15(20-2)12(13(16)14(17)18)8-9-21-10-11-6-4-3-5-7-11/h3-7,12-13,15-16H,8-10H2,1-2H3,(H,17,18)/t12-,13+/m0/s1. The Kier molecular flexibility index (Phi) is 7.92. The van der Waals surface area contributed by atoms with Gasteiger partial charge in [0.2, 0.25) is 0 Å². The molecule has 0 saturated carbocycles. The van der Waals surface area contributed by atoms with E-state index < -0.39 is 24.3 Å². The molecule has 0 spiro atoms. The summed E-state index contributed by atoms with van der Waals surface area (Å²) in [5, 5.41) is 18.6. The highest BCUT2D eigenvalue weighted by Gasteiger charge is 2.33. The number of aliphatic hydroxyl groups is 1. The van der Waals surface area contributed by atoms with Crippen molar-refractivity contribution in [1.29, 1.82) is 0 Å². The van der Waals surface area contributed by atoms with Gasteiger partial charge >= 0.3 is 5.97 Å². The first-order valence-electron chi connectivity index (χ1n) is 6.68. The number of hydrogen-bond acceptors (Lipinski definition) is 5. The number of ether oxygens (including phenoxy) is 3. The van der Waals surface area contributed by atoms with Crippen LogP contribution in [0.3, 0.4) is 0 Å².